The third-order valence-corrected chi connectivity index (χ3v) is 2.81. The minimum Gasteiger partial charge on any atom is -0.390 e. The maximum absolute atomic E-state index is 12.0. The lowest BCUT2D eigenvalue weighted by atomic mass is 10.4. The fourth-order valence-electron chi connectivity index (χ4n) is 1.59. The lowest BCUT2D eigenvalue weighted by Gasteiger charge is -2.11. The third-order valence-electron chi connectivity index (χ3n) is 2.45. The van der Waals surface area contributed by atoms with Crippen LogP contribution in [0.25, 0.3) is 0 Å². The van der Waals surface area contributed by atoms with Crippen LogP contribution in [0.4, 0.5) is 5.69 Å². The molecule has 0 aromatic carbocycles. The van der Waals surface area contributed by atoms with Gasteiger partial charge in [-0.05, 0) is 6.42 Å². The van der Waals surface area contributed by atoms with Crippen LogP contribution >= 0.6 is 11.6 Å². The van der Waals surface area contributed by atoms with Crippen molar-refractivity contribution in [2.45, 2.75) is 32.5 Å². The van der Waals surface area contributed by atoms with Gasteiger partial charge in [0, 0.05) is 6.54 Å². The van der Waals surface area contributed by atoms with E-state index in [1.165, 1.54) is 0 Å². The Bertz CT molecular complexity index is 580. The molecule has 0 spiro atoms. The van der Waals surface area contributed by atoms with Crippen molar-refractivity contribution in [3.63, 3.8) is 0 Å². The summed E-state index contributed by atoms with van der Waals surface area (Å²) in [6, 6.07) is 0. The van der Waals surface area contributed by atoms with Crippen LogP contribution in [0.1, 0.15) is 13.3 Å². The fraction of sp³-hybridized carbons (Fsp3) is 0.600. The summed E-state index contributed by atoms with van der Waals surface area (Å²) in [5, 5.41) is 20.2. The molecule has 0 aliphatic carbocycles. The van der Waals surface area contributed by atoms with Crippen molar-refractivity contribution in [1.82, 2.24) is 9.13 Å². The zero-order chi connectivity index (χ0) is 14.6. The molecule has 8 nitrogen and oxygen atoms in total. The van der Waals surface area contributed by atoms with Crippen molar-refractivity contribution in [2.24, 2.45) is 0 Å². The Balaban J connectivity index is 3.45. The van der Waals surface area contributed by atoms with E-state index in [9.17, 15) is 24.8 Å². The van der Waals surface area contributed by atoms with Gasteiger partial charge in [0.15, 0.2) is 0 Å². The molecule has 0 radical (unpaired) electrons. The van der Waals surface area contributed by atoms with Gasteiger partial charge in [0.2, 0.25) is 0 Å². The van der Waals surface area contributed by atoms with Crippen molar-refractivity contribution in [2.75, 3.05) is 5.88 Å². The molecule has 1 unspecified atom stereocenters. The molecule has 1 heterocycles. The van der Waals surface area contributed by atoms with Crippen molar-refractivity contribution in [3.8, 4) is 0 Å². The monoisotopic (exact) mass is 291 g/mol. The second kappa shape index (κ2) is 6.48. The SMILES string of the molecule is CCCn1cc([N+](=O)[O-])c(=O)n(CC(O)CCl)c1=O. The van der Waals surface area contributed by atoms with Gasteiger partial charge in [-0.1, -0.05) is 6.92 Å². The Labute approximate surface area is 113 Å². The molecular weight excluding hydrogens is 278 g/mol. The minimum atomic E-state index is -1.12. The number of halogens is 1. The Morgan fingerprint density at radius 1 is 1.53 bits per heavy atom. The first-order chi connectivity index (χ1) is 8.92. The molecule has 0 amide bonds. The van der Waals surface area contributed by atoms with E-state index in [-0.39, 0.29) is 19.0 Å². The molecule has 0 aliphatic heterocycles. The molecule has 0 bridgehead atoms. The van der Waals surface area contributed by atoms with Gasteiger partial charge in [-0.2, -0.15) is 0 Å². The average Bonchev–Trinajstić information content (AvgIpc) is 2.37. The van der Waals surface area contributed by atoms with Crippen LogP contribution in [0.5, 0.6) is 0 Å². The maximum atomic E-state index is 12.0. The Hall–Kier alpha value is -1.67. The summed E-state index contributed by atoms with van der Waals surface area (Å²) >= 11 is 5.40. The van der Waals surface area contributed by atoms with Crippen LogP contribution in [0.2, 0.25) is 0 Å². The fourth-order valence-corrected chi connectivity index (χ4v) is 1.68. The van der Waals surface area contributed by atoms with Gasteiger partial charge in [-0.25, -0.2) is 4.79 Å². The topological polar surface area (TPSA) is 107 Å². The molecule has 1 aromatic heterocycles. The second-order valence-electron chi connectivity index (χ2n) is 3.97. The van der Waals surface area contributed by atoms with E-state index in [2.05, 4.69) is 0 Å². The highest BCUT2D eigenvalue weighted by molar-refractivity contribution is 6.18. The summed E-state index contributed by atoms with van der Waals surface area (Å²) in [6.07, 6.45) is 0.384. The van der Waals surface area contributed by atoms with Crippen molar-refractivity contribution >= 4 is 17.3 Å². The minimum absolute atomic E-state index is 0.178. The largest absolute Gasteiger partial charge is 0.390 e. The number of nitrogens with zero attached hydrogens (tertiary/aromatic N) is 3. The summed E-state index contributed by atoms with van der Waals surface area (Å²) in [7, 11) is 0. The number of hydrogen-bond acceptors (Lipinski definition) is 5. The number of alkyl halides is 1. The first-order valence-corrected chi connectivity index (χ1v) is 6.18. The number of hydrogen-bond donors (Lipinski definition) is 1. The standard InChI is InChI=1S/C10H14ClN3O5/c1-2-3-12-6-8(14(18)19)9(16)13(10(12)17)5-7(15)4-11/h6-7,15H,2-5H2,1H3. The molecule has 0 aliphatic rings. The zero-order valence-corrected chi connectivity index (χ0v) is 11.0. The molecule has 1 N–H and O–H groups in total. The number of rotatable bonds is 6. The zero-order valence-electron chi connectivity index (χ0n) is 10.3. The van der Waals surface area contributed by atoms with Gasteiger partial charge in [-0.15, -0.1) is 11.6 Å². The van der Waals surface area contributed by atoms with Crippen LogP contribution in [-0.2, 0) is 13.1 Å². The van der Waals surface area contributed by atoms with E-state index < -0.39 is 28.0 Å². The number of aliphatic hydroxyl groups excluding tert-OH is 1. The normalized spacial score (nSPS) is 12.4. The molecule has 0 saturated heterocycles. The van der Waals surface area contributed by atoms with E-state index in [0.29, 0.717) is 11.0 Å². The van der Waals surface area contributed by atoms with Crippen molar-refractivity contribution in [1.29, 1.82) is 0 Å². The maximum Gasteiger partial charge on any atom is 0.350 e. The Kier molecular flexibility index (Phi) is 5.25. The molecule has 1 rings (SSSR count). The number of aromatic nitrogens is 2. The van der Waals surface area contributed by atoms with E-state index in [1.807, 2.05) is 0 Å². The highest BCUT2D eigenvalue weighted by Gasteiger charge is 2.20. The first-order valence-electron chi connectivity index (χ1n) is 5.65. The smallest absolute Gasteiger partial charge is 0.350 e. The highest BCUT2D eigenvalue weighted by atomic mass is 35.5. The van der Waals surface area contributed by atoms with Crippen LogP contribution in [-0.4, -0.2) is 31.1 Å². The average molecular weight is 292 g/mol. The molecule has 9 heteroatoms. The van der Waals surface area contributed by atoms with E-state index in [4.69, 9.17) is 11.6 Å². The van der Waals surface area contributed by atoms with Gasteiger partial charge < -0.3 is 5.11 Å². The summed E-state index contributed by atoms with van der Waals surface area (Å²) < 4.78 is 1.72. The van der Waals surface area contributed by atoms with Gasteiger partial charge in [0.1, 0.15) is 0 Å². The first kappa shape index (κ1) is 15.4. The lowest BCUT2D eigenvalue weighted by molar-refractivity contribution is -0.387. The molecule has 0 fully saturated rings. The second-order valence-corrected chi connectivity index (χ2v) is 4.28. The van der Waals surface area contributed by atoms with E-state index >= 15 is 0 Å². The molecule has 19 heavy (non-hydrogen) atoms. The van der Waals surface area contributed by atoms with Crippen LogP contribution in [0.15, 0.2) is 15.8 Å². The molecule has 0 saturated carbocycles. The van der Waals surface area contributed by atoms with Crippen LogP contribution in [0, 0.1) is 10.1 Å². The van der Waals surface area contributed by atoms with E-state index in [0.717, 1.165) is 10.8 Å². The highest BCUT2D eigenvalue weighted by Crippen LogP contribution is 2.02. The van der Waals surface area contributed by atoms with Crippen LogP contribution in [0.3, 0.4) is 0 Å². The molecular formula is C10H14ClN3O5. The number of nitro groups is 1. The Morgan fingerprint density at radius 2 is 2.16 bits per heavy atom. The number of aryl methyl sites for hydroxylation is 1. The summed E-state index contributed by atoms with van der Waals surface area (Å²) in [5.74, 6) is -0.178. The summed E-state index contributed by atoms with van der Waals surface area (Å²) in [5.41, 5.74) is -2.43. The molecule has 106 valence electrons. The van der Waals surface area contributed by atoms with Gasteiger partial charge in [0.05, 0.1) is 29.6 Å². The number of aliphatic hydroxyl groups is 1. The summed E-state index contributed by atoms with van der Waals surface area (Å²) in [4.78, 5) is 33.7. The molecule has 1 atom stereocenters. The molecule has 1 aromatic rings. The summed E-state index contributed by atoms with van der Waals surface area (Å²) in [6.45, 7) is 1.67. The predicted octanol–water partition coefficient (Wildman–Crippen LogP) is -0.0721. The Morgan fingerprint density at radius 3 is 2.63 bits per heavy atom. The van der Waals surface area contributed by atoms with Gasteiger partial charge in [0.25, 0.3) is 0 Å². The van der Waals surface area contributed by atoms with Crippen molar-refractivity contribution in [3.05, 3.63) is 37.1 Å². The predicted molar refractivity (Wildman–Crippen MR) is 68.6 cm³/mol. The van der Waals surface area contributed by atoms with Crippen LogP contribution < -0.4 is 11.2 Å². The van der Waals surface area contributed by atoms with Gasteiger partial charge in [-0.3, -0.25) is 24.0 Å². The van der Waals surface area contributed by atoms with Crippen molar-refractivity contribution < 1.29 is 10.0 Å². The third kappa shape index (κ3) is 3.42. The lowest BCUT2D eigenvalue weighted by Crippen LogP contribution is -2.43. The quantitative estimate of drug-likeness (QED) is 0.448. The van der Waals surface area contributed by atoms with E-state index in [1.54, 1.807) is 6.92 Å². The van der Waals surface area contributed by atoms with Gasteiger partial charge >= 0.3 is 16.9 Å².